The fraction of sp³-hybridized carbons (Fsp3) is 0.150. The third-order valence-corrected chi connectivity index (χ3v) is 5.17. The summed E-state index contributed by atoms with van der Waals surface area (Å²) in [5.74, 6) is 0.987. The molecule has 0 spiro atoms. The van der Waals surface area contributed by atoms with Crippen LogP contribution in [0.25, 0.3) is 11.5 Å². The first-order valence-corrected chi connectivity index (χ1v) is 10.5. The molecule has 4 aromatic heterocycles. The van der Waals surface area contributed by atoms with Gasteiger partial charge in [0.1, 0.15) is 11.5 Å². The molecule has 0 aliphatic rings. The summed E-state index contributed by atoms with van der Waals surface area (Å²) in [5, 5.41) is 13.1. The van der Waals surface area contributed by atoms with Crippen molar-refractivity contribution in [2.24, 2.45) is 0 Å². The maximum Gasteiger partial charge on any atom is 0.266 e. The highest BCUT2D eigenvalue weighted by molar-refractivity contribution is 7.13. The Kier molecular flexibility index (Phi) is 6.39. The lowest BCUT2D eigenvalue weighted by atomic mass is 10.3. The number of carbonyl (C=O) groups excluding carboxylic acids is 1. The van der Waals surface area contributed by atoms with E-state index in [-0.39, 0.29) is 31.0 Å². The van der Waals surface area contributed by atoms with Crippen LogP contribution in [0, 0.1) is 0 Å². The number of halogens is 1. The Hall–Kier alpha value is -3.50. The molecule has 0 bridgehead atoms. The van der Waals surface area contributed by atoms with Crippen LogP contribution in [0.15, 0.2) is 63.4 Å². The lowest BCUT2D eigenvalue weighted by Crippen LogP contribution is -2.32. The molecule has 11 heteroatoms. The minimum Gasteiger partial charge on any atom is -0.463 e. The lowest BCUT2D eigenvalue weighted by Gasteiger charge is -2.07. The second kappa shape index (κ2) is 9.54. The number of nitrogens with one attached hydrogen (secondary N) is 2. The van der Waals surface area contributed by atoms with Gasteiger partial charge in [-0.05, 0) is 30.3 Å². The van der Waals surface area contributed by atoms with E-state index in [0.29, 0.717) is 33.1 Å². The van der Waals surface area contributed by atoms with Gasteiger partial charge < -0.3 is 15.1 Å². The topological polar surface area (TPSA) is 115 Å². The van der Waals surface area contributed by atoms with Gasteiger partial charge in [0.05, 0.1) is 29.9 Å². The van der Waals surface area contributed by atoms with E-state index in [0.717, 1.165) is 0 Å². The van der Waals surface area contributed by atoms with Gasteiger partial charge in [-0.1, -0.05) is 11.6 Å². The van der Waals surface area contributed by atoms with Crippen molar-refractivity contribution in [1.82, 2.24) is 25.1 Å². The Morgan fingerprint density at radius 2 is 2.13 bits per heavy atom. The highest BCUT2D eigenvalue weighted by Crippen LogP contribution is 2.20. The first kappa shape index (κ1) is 20.8. The quantitative estimate of drug-likeness (QED) is 0.418. The van der Waals surface area contributed by atoms with Gasteiger partial charge in [0.2, 0.25) is 5.91 Å². The lowest BCUT2D eigenvalue weighted by molar-refractivity contribution is -0.120. The number of anilines is 2. The third kappa shape index (κ3) is 5.56. The van der Waals surface area contributed by atoms with Crippen LogP contribution in [0.5, 0.6) is 0 Å². The average Bonchev–Trinajstić information content (AvgIpc) is 3.44. The smallest absolute Gasteiger partial charge is 0.266 e. The Labute approximate surface area is 185 Å². The number of hydrogen-bond donors (Lipinski definition) is 2. The summed E-state index contributed by atoms with van der Waals surface area (Å²) < 4.78 is 6.59. The van der Waals surface area contributed by atoms with Crippen molar-refractivity contribution in [3.63, 3.8) is 0 Å². The molecular formula is C20H17ClN6O3S. The molecule has 158 valence electrons. The normalized spacial score (nSPS) is 10.7. The van der Waals surface area contributed by atoms with Crippen molar-refractivity contribution >= 4 is 39.8 Å². The van der Waals surface area contributed by atoms with Gasteiger partial charge >= 0.3 is 0 Å². The van der Waals surface area contributed by atoms with Crippen molar-refractivity contribution in [2.75, 3.05) is 11.9 Å². The highest BCUT2D eigenvalue weighted by atomic mass is 35.5. The predicted molar refractivity (Wildman–Crippen MR) is 118 cm³/mol. The van der Waals surface area contributed by atoms with Gasteiger partial charge in [0.15, 0.2) is 10.9 Å². The van der Waals surface area contributed by atoms with Crippen molar-refractivity contribution in [3.8, 4) is 11.5 Å². The molecule has 9 nitrogen and oxygen atoms in total. The molecule has 0 saturated carbocycles. The van der Waals surface area contributed by atoms with Gasteiger partial charge in [0.25, 0.3) is 5.56 Å². The maximum atomic E-state index is 12.2. The van der Waals surface area contributed by atoms with Crippen LogP contribution in [0.4, 0.5) is 10.9 Å². The van der Waals surface area contributed by atoms with Crippen molar-refractivity contribution in [2.45, 2.75) is 13.0 Å². The van der Waals surface area contributed by atoms with Gasteiger partial charge in [-0.2, -0.15) is 5.10 Å². The molecule has 4 rings (SSSR count). The van der Waals surface area contributed by atoms with Crippen LogP contribution in [-0.4, -0.2) is 32.2 Å². The van der Waals surface area contributed by atoms with E-state index in [1.807, 2.05) is 0 Å². The molecule has 0 aromatic carbocycles. The third-order valence-electron chi connectivity index (χ3n) is 4.14. The number of amides is 1. The summed E-state index contributed by atoms with van der Waals surface area (Å²) in [7, 11) is 0. The van der Waals surface area contributed by atoms with Crippen LogP contribution in [0.3, 0.4) is 0 Å². The molecule has 0 radical (unpaired) electrons. The fourth-order valence-electron chi connectivity index (χ4n) is 2.70. The predicted octanol–water partition coefficient (Wildman–Crippen LogP) is 3.11. The number of rotatable bonds is 8. The second-order valence-electron chi connectivity index (χ2n) is 6.41. The average molecular weight is 457 g/mol. The van der Waals surface area contributed by atoms with Crippen molar-refractivity contribution < 1.29 is 9.21 Å². The molecule has 4 aromatic rings. The Bertz CT molecular complexity index is 1220. The molecule has 1 amide bonds. The van der Waals surface area contributed by atoms with Crippen LogP contribution < -0.4 is 16.2 Å². The Morgan fingerprint density at radius 1 is 1.23 bits per heavy atom. The first-order chi connectivity index (χ1) is 15.1. The summed E-state index contributed by atoms with van der Waals surface area (Å²) in [6.45, 7) is 0.502. The molecule has 0 fully saturated rings. The fourth-order valence-corrected chi connectivity index (χ4v) is 3.53. The van der Waals surface area contributed by atoms with Gasteiger partial charge in [-0.3, -0.25) is 9.59 Å². The van der Waals surface area contributed by atoms with E-state index in [4.69, 9.17) is 16.0 Å². The molecule has 0 aliphatic heterocycles. The van der Waals surface area contributed by atoms with Gasteiger partial charge in [0, 0.05) is 24.2 Å². The van der Waals surface area contributed by atoms with Crippen molar-refractivity contribution in [3.05, 3.63) is 75.3 Å². The summed E-state index contributed by atoms with van der Waals surface area (Å²) >= 11 is 7.20. The standard InChI is InChI=1S/C20H17ClN6O3S/c21-13-3-5-17(23-11-13)25-20-24-14(12-31-20)10-18(28)22-7-8-27-19(29)6-4-15(26-27)16-2-1-9-30-16/h1-6,9,11-12H,7-8,10H2,(H,22,28)(H,23,24,25). The number of pyridine rings is 1. The number of furan rings is 1. The molecule has 2 N–H and O–H groups in total. The van der Waals surface area contributed by atoms with E-state index in [2.05, 4.69) is 25.7 Å². The Balaban J connectivity index is 1.28. The molecule has 0 unspecified atom stereocenters. The summed E-state index contributed by atoms with van der Waals surface area (Å²) in [4.78, 5) is 32.8. The van der Waals surface area contributed by atoms with Gasteiger partial charge in [-0.15, -0.1) is 11.3 Å². The molecule has 31 heavy (non-hydrogen) atoms. The number of hydrogen-bond acceptors (Lipinski definition) is 8. The van der Waals surface area contributed by atoms with Crippen LogP contribution in [0.1, 0.15) is 5.69 Å². The van der Waals surface area contributed by atoms with E-state index in [1.54, 1.807) is 35.7 Å². The largest absolute Gasteiger partial charge is 0.463 e. The molecular weight excluding hydrogens is 440 g/mol. The zero-order valence-corrected chi connectivity index (χ0v) is 17.7. The Morgan fingerprint density at radius 3 is 2.90 bits per heavy atom. The number of nitrogens with zero attached hydrogens (tertiary/aromatic N) is 4. The van der Waals surface area contributed by atoms with Crippen LogP contribution in [0.2, 0.25) is 5.02 Å². The summed E-state index contributed by atoms with van der Waals surface area (Å²) in [5.41, 5.74) is 0.929. The van der Waals surface area contributed by atoms with Gasteiger partial charge in [-0.25, -0.2) is 14.6 Å². The minimum atomic E-state index is -0.254. The first-order valence-electron chi connectivity index (χ1n) is 9.28. The summed E-state index contributed by atoms with van der Waals surface area (Å²) in [6, 6.07) is 10.0. The molecule has 0 aliphatic carbocycles. The zero-order valence-electron chi connectivity index (χ0n) is 16.1. The number of aromatic nitrogens is 4. The van der Waals surface area contributed by atoms with E-state index in [9.17, 15) is 9.59 Å². The maximum absolute atomic E-state index is 12.2. The molecule has 0 saturated heterocycles. The summed E-state index contributed by atoms with van der Waals surface area (Å²) in [6.07, 6.45) is 3.20. The second-order valence-corrected chi connectivity index (χ2v) is 7.71. The number of carbonyl (C=O) groups is 1. The minimum absolute atomic E-state index is 0.126. The van der Waals surface area contributed by atoms with E-state index >= 15 is 0 Å². The SMILES string of the molecule is O=C(Cc1csc(Nc2ccc(Cl)cn2)n1)NCCn1nc(-c2ccco2)ccc1=O. The van der Waals surface area contributed by atoms with E-state index in [1.165, 1.54) is 34.5 Å². The molecule has 0 atom stereocenters. The highest BCUT2D eigenvalue weighted by Gasteiger charge is 2.10. The van der Waals surface area contributed by atoms with E-state index < -0.39 is 0 Å². The van der Waals surface area contributed by atoms with Crippen LogP contribution >= 0.6 is 22.9 Å². The van der Waals surface area contributed by atoms with Crippen molar-refractivity contribution in [1.29, 1.82) is 0 Å². The zero-order chi connectivity index (χ0) is 21.6. The monoisotopic (exact) mass is 456 g/mol. The number of thiazole rings is 1. The van der Waals surface area contributed by atoms with Crippen LogP contribution in [-0.2, 0) is 17.8 Å². The molecule has 4 heterocycles.